The Labute approximate surface area is 94.4 Å². The largest absolute Gasteiger partial charge is 0.388 e. The molecule has 0 aromatic carbocycles. The second-order valence-electron chi connectivity index (χ2n) is 4.06. The van der Waals surface area contributed by atoms with Gasteiger partial charge in [-0.05, 0) is 6.42 Å². The van der Waals surface area contributed by atoms with Gasteiger partial charge in [-0.2, -0.15) is 0 Å². The van der Waals surface area contributed by atoms with Crippen molar-refractivity contribution >= 4 is 0 Å². The minimum absolute atomic E-state index is 0.224. The molecule has 1 aliphatic heterocycles. The molecule has 4 N–H and O–H groups in total. The number of hydrogen-bond donors (Lipinski definition) is 4. The van der Waals surface area contributed by atoms with Gasteiger partial charge < -0.3 is 29.9 Å². The van der Waals surface area contributed by atoms with E-state index in [2.05, 4.69) is 0 Å². The van der Waals surface area contributed by atoms with Crippen LogP contribution < -0.4 is 0 Å². The molecule has 6 nitrogen and oxygen atoms in total. The fourth-order valence-electron chi connectivity index (χ4n) is 1.48. The van der Waals surface area contributed by atoms with E-state index in [1.54, 1.807) is 0 Å². The zero-order chi connectivity index (χ0) is 12.2. The SMILES string of the molecule is CCCCOC[C@]1(O)OC[C@@H](O)[C@H](O)[C@H]1O. The number of hydrogen-bond acceptors (Lipinski definition) is 6. The van der Waals surface area contributed by atoms with Crippen LogP contribution in [0.1, 0.15) is 19.8 Å². The van der Waals surface area contributed by atoms with Crippen molar-refractivity contribution in [3.05, 3.63) is 0 Å². The maximum absolute atomic E-state index is 9.86. The average Bonchev–Trinajstić information content (AvgIpc) is 2.28. The van der Waals surface area contributed by atoms with Crippen molar-refractivity contribution in [2.24, 2.45) is 0 Å². The molecule has 16 heavy (non-hydrogen) atoms. The minimum Gasteiger partial charge on any atom is -0.388 e. The molecule has 4 atom stereocenters. The molecule has 1 saturated heterocycles. The van der Waals surface area contributed by atoms with Gasteiger partial charge in [0.15, 0.2) is 0 Å². The fourth-order valence-corrected chi connectivity index (χ4v) is 1.48. The molecular formula is C10H20O6. The van der Waals surface area contributed by atoms with Crippen LogP contribution in [0.15, 0.2) is 0 Å². The normalized spacial score (nSPS) is 39.9. The summed E-state index contributed by atoms with van der Waals surface area (Å²) in [6, 6.07) is 0. The molecule has 0 unspecified atom stereocenters. The smallest absolute Gasteiger partial charge is 0.219 e. The molecule has 0 amide bonds. The lowest BCUT2D eigenvalue weighted by Gasteiger charge is -2.41. The van der Waals surface area contributed by atoms with Gasteiger partial charge in [-0.15, -0.1) is 0 Å². The highest BCUT2D eigenvalue weighted by Gasteiger charge is 2.48. The Hall–Kier alpha value is -0.240. The summed E-state index contributed by atoms with van der Waals surface area (Å²) >= 11 is 0. The summed E-state index contributed by atoms with van der Waals surface area (Å²) < 4.78 is 10.1. The van der Waals surface area contributed by atoms with E-state index in [1.165, 1.54) is 0 Å². The van der Waals surface area contributed by atoms with Gasteiger partial charge in [0, 0.05) is 6.61 Å². The summed E-state index contributed by atoms with van der Waals surface area (Å²) in [6.07, 6.45) is -2.38. The van der Waals surface area contributed by atoms with E-state index >= 15 is 0 Å². The van der Waals surface area contributed by atoms with Crippen LogP contribution in [-0.2, 0) is 9.47 Å². The maximum Gasteiger partial charge on any atom is 0.219 e. The molecule has 0 radical (unpaired) electrons. The third-order valence-corrected chi connectivity index (χ3v) is 2.64. The molecule has 0 saturated carbocycles. The monoisotopic (exact) mass is 236 g/mol. The Morgan fingerprint density at radius 3 is 2.69 bits per heavy atom. The predicted octanol–water partition coefficient (Wildman–Crippen LogP) is -1.40. The number of ether oxygens (including phenoxy) is 2. The van der Waals surface area contributed by atoms with Crippen LogP contribution in [0.5, 0.6) is 0 Å². The second-order valence-corrected chi connectivity index (χ2v) is 4.06. The first-order valence-corrected chi connectivity index (χ1v) is 5.49. The zero-order valence-electron chi connectivity index (χ0n) is 9.37. The minimum atomic E-state index is -1.94. The van der Waals surface area contributed by atoms with Crippen molar-refractivity contribution in [2.75, 3.05) is 19.8 Å². The first-order chi connectivity index (χ1) is 7.51. The van der Waals surface area contributed by atoms with Gasteiger partial charge in [0.05, 0.1) is 6.61 Å². The van der Waals surface area contributed by atoms with Crippen molar-refractivity contribution in [3.8, 4) is 0 Å². The summed E-state index contributed by atoms with van der Waals surface area (Å²) in [5.41, 5.74) is 0. The molecule has 1 aliphatic rings. The Morgan fingerprint density at radius 1 is 1.38 bits per heavy atom. The Kier molecular flexibility index (Phi) is 5.10. The summed E-state index contributed by atoms with van der Waals surface area (Å²) in [5.74, 6) is -1.94. The molecule has 0 spiro atoms. The number of rotatable bonds is 5. The summed E-state index contributed by atoms with van der Waals surface area (Å²) in [5, 5.41) is 38.0. The van der Waals surface area contributed by atoms with Gasteiger partial charge in [-0.3, -0.25) is 0 Å². The van der Waals surface area contributed by atoms with E-state index in [9.17, 15) is 20.4 Å². The molecule has 0 aromatic heterocycles. The molecule has 1 fully saturated rings. The quantitative estimate of drug-likeness (QED) is 0.438. The van der Waals surface area contributed by atoms with E-state index in [1.807, 2.05) is 6.92 Å². The highest BCUT2D eigenvalue weighted by molar-refractivity contribution is 4.91. The van der Waals surface area contributed by atoms with Crippen LogP contribution in [0.4, 0.5) is 0 Å². The van der Waals surface area contributed by atoms with Crippen molar-refractivity contribution in [3.63, 3.8) is 0 Å². The molecular weight excluding hydrogens is 216 g/mol. The van der Waals surface area contributed by atoms with Crippen LogP contribution in [0.25, 0.3) is 0 Å². The van der Waals surface area contributed by atoms with Gasteiger partial charge in [0.25, 0.3) is 0 Å². The van der Waals surface area contributed by atoms with Crippen molar-refractivity contribution in [2.45, 2.75) is 43.9 Å². The molecule has 1 rings (SSSR count). The first-order valence-electron chi connectivity index (χ1n) is 5.49. The lowest BCUT2D eigenvalue weighted by molar-refractivity contribution is -0.335. The Morgan fingerprint density at radius 2 is 2.06 bits per heavy atom. The number of aliphatic hydroxyl groups excluding tert-OH is 3. The fraction of sp³-hybridized carbons (Fsp3) is 1.00. The third-order valence-electron chi connectivity index (χ3n) is 2.64. The van der Waals surface area contributed by atoms with Gasteiger partial charge in [0.1, 0.15) is 24.9 Å². The summed E-state index contributed by atoms with van der Waals surface area (Å²) in [6.45, 7) is 2.00. The Balaban J connectivity index is 2.43. The van der Waals surface area contributed by atoms with E-state index in [-0.39, 0.29) is 13.2 Å². The average molecular weight is 236 g/mol. The highest BCUT2D eigenvalue weighted by Crippen LogP contribution is 2.24. The van der Waals surface area contributed by atoms with Crippen LogP contribution in [-0.4, -0.2) is 64.3 Å². The van der Waals surface area contributed by atoms with Gasteiger partial charge in [-0.1, -0.05) is 13.3 Å². The second kappa shape index (κ2) is 5.90. The standard InChI is InChI=1S/C10H20O6/c1-2-3-4-15-6-10(14)9(13)8(12)7(11)5-16-10/h7-9,11-14H,2-6H2,1H3/t7-,8+,9-,10+/m1/s1. The van der Waals surface area contributed by atoms with Crippen molar-refractivity contribution < 1.29 is 29.9 Å². The van der Waals surface area contributed by atoms with Crippen molar-refractivity contribution in [1.82, 2.24) is 0 Å². The molecule has 0 bridgehead atoms. The van der Waals surface area contributed by atoms with Crippen LogP contribution in [0.2, 0.25) is 0 Å². The van der Waals surface area contributed by atoms with Crippen molar-refractivity contribution in [1.29, 1.82) is 0 Å². The van der Waals surface area contributed by atoms with E-state index in [0.29, 0.717) is 6.61 Å². The maximum atomic E-state index is 9.86. The molecule has 96 valence electrons. The van der Waals surface area contributed by atoms with Gasteiger partial charge in [-0.25, -0.2) is 0 Å². The van der Waals surface area contributed by atoms with E-state index < -0.39 is 24.1 Å². The van der Waals surface area contributed by atoms with E-state index in [4.69, 9.17) is 9.47 Å². The van der Waals surface area contributed by atoms with Gasteiger partial charge in [0.2, 0.25) is 5.79 Å². The third kappa shape index (κ3) is 3.13. The Bertz CT molecular complexity index is 211. The summed E-state index contributed by atoms with van der Waals surface area (Å²) in [4.78, 5) is 0. The van der Waals surface area contributed by atoms with Crippen LogP contribution in [0.3, 0.4) is 0 Å². The van der Waals surface area contributed by atoms with Gasteiger partial charge >= 0.3 is 0 Å². The molecule has 6 heteroatoms. The number of unbranched alkanes of at least 4 members (excludes halogenated alkanes) is 1. The number of aliphatic hydroxyl groups is 4. The predicted molar refractivity (Wildman–Crippen MR) is 54.6 cm³/mol. The van der Waals surface area contributed by atoms with Crippen LogP contribution in [0, 0.1) is 0 Å². The van der Waals surface area contributed by atoms with Crippen LogP contribution >= 0.6 is 0 Å². The lowest BCUT2D eigenvalue weighted by Crippen LogP contribution is -2.62. The summed E-state index contributed by atoms with van der Waals surface area (Å²) in [7, 11) is 0. The van der Waals surface area contributed by atoms with E-state index in [0.717, 1.165) is 12.8 Å². The molecule has 0 aromatic rings. The molecule has 0 aliphatic carbocycles. The highest BCUT2D eigenvalue weighted by atomic mass is 16.7. The topological polar surface area (TPSA) is 99.4 Å². The zero-order valence-corrected chi connectivity index (χ0v) is 9.37. The molecule has 1 heterocycles. The lowest BCUT2D eigenvalue weighted by atomic mass is 9.97. The first kappa shape index (κ1) is 13.8.